The molecule has 5 nitrogen and oxygen atoms in total. The summed E-state index contributed by atoms with van der Waals surface area (Å²) in [4.78, 5) is 14.4. The number of nitrogens with one attached hydrogen (secondary N) is 2. The maximum absolute atomic E-state index is 4.50. The summed E-state index contributed by atoms with van der Waals surface area (Å²) < 4.78 is 0. The van der Waals surface area contributed by atoms with E-state index >= 15 is 0 Å². The molecule has 2 atom stereocenters. The number of rotatable bonds is 3. The van der Waals surface area contributed by atoms with Gasteiger partial charge in [-0.3, -0.25) is 0 Å². The Balaban J connectivity index is 0.000000192. The van der Waals surface area contributed by atoms with E-state index in [0.29, 0.717) is 6.04 Å². The molecular formula is C20H33N5. The molecular weight excluding hydrogens is 310 g/mol. The van der Waals surface area contributed by atoms with Crippen molar-refractivity contribution in [3.8, 4) is 0 Å². The minimum absolute atomic E-state index is 0.636. The summed E-state index contributed by atoms with van der Waals surface area (Å²) in [7, 11) is 0. The first-order valence-electron chi connectivity index (χ1n) is 10.1. The molecule has 2 aliphatic rings. The second kappa shape index (κ2) is 9.18. The monoisotopic (exact) mass is 343 g/mol. The van der Waals surface area contributed by atoms with Gasteiger partial charge >= 0.3 is 0 Å². The van der Waals surface area contributed by atoms with Gasteiger partial charge < -0.3 is 15.2 Å². The maximum Gasteiger partial charge on any atom is 0.142 e. The molecule has 0 amide bonds. The average molecular weight is 344 g/mol. The molecule has 0 aliphatic carbocycles. The first kappa shape index (κ1) is 18.2. The van der Waals surface area contributed by atoms with Crippen molar-refractivity contribution in [2.75, 3.05) is 18.0 Å². The smallest absolute Gasteiger partial charge is 0.142 e. The number of hydrogen-bond donors (Lipinski definition) is 2. The first-order valence-corrected chi connectivity index (χ1v) is 10.1. The van der Waals surface area contributed by atoms with Gasteiger partial charge in [0.05, 0.1) is 5.39 Å². The maximum atomic E-state index is 4.50. The summed E-state index contributed by atoms with van der Waals surface area (Å²) in [6.45, 7) is 6.88. The lowest BCUT2D eigenvalue weighted by Crippen LogP contribution is -2.39. The number of anilines is 1. The lowest BCUT2D eigenvalue weighted by Gasteiger charge is -2.36. The minimum atomic E-state index is 0.636. The van der Waals surface area contributed by atoms with Gasteiger partial charge in [-0.25, -0.2) is 9.97 Å². The minimum Gasteiger partial charge on any atom is -0.353 e. The van der Waals surface area contributed by atoms with E-state index in [4.69, 9.17) is 0 Å². The molecule has 138 valence electrons. The highest BCUT2D eigenvalue weighted by Crippen LogP contribution is 2.29. The van der Waals surface area contributed by atoms with Crippen molar-refractivity contribution in [1.82, 2.24) is 20.3 Å². The van der Waals surface area contributed by atoms with Crippen LogP contribution in [0, 0.1) is 0 Å². The molecule has 0 saturated carbocycles. The molecule has 0 aromatic carbocycles. The number of aromatic nitrogens is 3. The molecule has 4 rings (SSSR count). The van der Waals surface area contributed by atoms with Gasteiger partial charge in [0.15, 0.2) is 0 Å². The summed E-state index contributed by atoms with van der Waals surface area (Å²) in [5, 5.41) is 4.61. The normalized spacial score (nSPS) is 24.0. The Morgan fingerprint density at radius 2 is 1.96 bits per heavy atom. The van der Waals surface area contributed by atoms with E-state index < -0.39 is 0 Å². The van der Waals surface area contributed by atoms with Crippen LogP contribution in [0.3, 0.4) is 0 Å². The van der Waals surface area contributed by atoms with Crippen molar-refractivity contribution < 1.29 is 0 Å². The van der Waals surface area contributed by atoms with E-state index in [1.807, 2.05) is 6.20 Å². The summed E-state index contributed by atoms with van der Waals surface area (Å²) >= 11 is 0. The van der Waals surface area contributed by atoms with Crippen LogP contribution in [0.1, 0.15) is 65.2 Å². The van der Waals surface area contributed by atoms with Crippen molar-refractivity contribution in [3.63, 3.8) is 0 Å². The Labute approximate surface area is 151 Å². The number of piperidine rings is 2. The predicted molar refractivity (Wildman–Crippen MR) is 105 cm³/mol. The molecule has 4 heterocycles. The van der Waals surface area contributed by atoms with E-state index in [0.717, 1.165) is 29.4 Å². The third kappa shape index (κ3) is 4.51. The predicted octanol–water partition coefficient (Wildman–Crippen LogP) is 4.27. The molecule has 25 heavy (non-hydrogen) atoms. The van der Waals surface area contributed by atoms with Crippen LogP contribution in [-0.2, 0) is 0 Å². The topological polar surface area (TPSA) is 56.8 Å². The number of H-pyrrole nitrogens is 1. The zero-order valence-corrected chi connectivity index (χ0v) is 15.8. The van der Waals surface area contributed by atoms with Crippen LogP contribution in [0.15, 0.2) is 18.6 Å². The van der Waals surface area contributed by atoms with Gasteiger partial charge in [-0.2, -0.15) is 0 Å². The quantitative estimate of drug-likeness (QED) is 0.874. The molecule has 5 heteroatoms. The molecule has 0 radical (unpaired) electrons. The zero-order valence-electron chi connectivity index (χ0n) is 15.8. The van der Waals surface area contributed by atoms with Crippen molar-refractivity contribution in [2.24, 2.45) is 0 Å². The van der Waals surface area contributed by atoms with Gasteiger partial charge in [-0.15, -0.1) is 0 Å². The Kier molecular flexibility index (Phi) is 6.68. The standard InChI is InChI=1S/C13H18N4.C7H15N/c1-2-10-5-3-4-8-17(10)13-11-6-7-14-12(11)15-9-16-13;1-2-7-5-3-4-6-8-7/h6-7,9-10H,2-5,8H2,1H3,(H,14,15,16);7-8H,2-6H2,1H3. The number of fused-ring (bicyclic) bond motifs is 1. The number of aromatic amines is 1. The van der Waals surface area contributed by atoms with Gasteiger partial charge in [-0.1, -0.05) is 20.3 Å². The largest absolute Gasteiger partial charge is 0.353 e. The molecule has 0 bridgehead atoms. The molecule has 0 spiro atoms. The fraction of sp³-hybridized carbons (Fsp3) is 0.700. The van der Waals surface area contributed by atoms with Crippen molar-refractivity contribution in [3.05, 3.63) is 18.6 Å². The number of hydrogen-bond acceptors (Lipinski definition) is 4. The van der Waals surface area contributed by atoms with Crippen LogP contribution in [0.5, 0.6) is 0 Å². The van der Waals surface area contributed by atoms with Crippen molar-refractivity contribution in [2.45, 2.75) is 77.3 Å². The Morgan fingerprint density at radius 3 is 2.68 bits per heavy atom. The summed E-state index contributed by atoms with van der Waals surface area (Å²) in [6, 6.07) is 3.55. The van der Waals surface area contributed by atoms with E-state index in [1.54, 1.807) is 6.33 Å². The third-order valence-electron chi connectivity index (χ3n) is 5.61. The van der Waals surface area contributed by atoms with Crippen LogP contribution >= 0.6 is 0 Å². The summed E-state index contributed by atoms with van der Waals surface area (Å²) in [5.74, 6) is 1.10. The van der Waals surface area contributed by atoms with Gasteiger partial charge in [-0.05, 0) is 57.6 Å². The van der Waals surface area contributed by atoms with Crippen LogP contribution in [0.25, 0.3) is 11.0 Å². The van der Waals surface area contributed by atoms with Crippen LogP contribution in [-0.4, -0.2) is 40.1 Å². The molecule has 2 fully saturated rings. The van der Waals surface area contributed by atoms with E-state index in [2.05, 4.69) is 45.1 Å². The third-order valence-corrected chi connectivity index (χ3v) is 5.61. The molecule has 2 aromatic heterocycles. The Bertz CT molecular complexity index is 632. The SMILES string of the molecule is CCC1CCCCN1.CCC1CCCCN1c1ncnc2[nH]ccc12. The van der Waals surface area contributed by atoms with E-state index in [1.165, 1.54) is 57.9 Å². The number of nitrogens with zero attached hydrogens (tertiary/aromatic N) is 3. The van der Waals surface area contributed by atoms with Crippen LogP contribution in [0.2, 0.25) is 0 Å². The van der Waals surface area contributed by atoms with Crippen molar-refractivity contribution >= 4 is 16.9 Å². The molecule has 2 N–H and O–H groups in total. The lowest BCUT2D eigenvalue weighted by molar-refractivity contribution is 0.393. The second-order valence-corrected chi connectivity index (χ2v) is 7.24. The van der Waals surface area contributed by atoms with Crippen molar-refractivity contribution in [1.29, 1.82) is 0 Å². The summed E-state index contributed by atoms with van der Waals surface area (Å²) in [5.41, 5.74) is 0.940. The average Bonchev–Trinajstić information content (AvgIpc) is 3.18. The van der Waals surface area contributed by atoms with Crippen LogP contribution in [0.4, 0.5) is 5.82 Å². The fourth-order valence-electron chi connectivity index (χ4n) is 4.06. The van der Waals surface area contributed by atoms with Gasteiger partial charge in [0.1, 0.15) is 17.8 Å². The highest BCUT2D eigenvalue weighted by atomic mass is 15.2. The lowest BCUT2D eigenvalue weighted by atomic mass is 10.00. The molecule has 2 aromatic rings. The van der Waals surface area contributed by atoms with Crippen LogP contribution < -0.4 is 10.2 Å². The van der Waals surface area contributed by atoms with Gasteiger partial charge in [0.2, 0.25) is 0 Å². The fourth-order valence-corrected chi connectivity index (χ4v) is 4.06. The Hall–Kier alpha value is -1.62. The Morgan fingerprint density at radius 1 is 1.08 bits per heavy atom. The highest BCUT2D eigenvalue weighted by Gasteiger charge is 2.23. The molecule has 2 unspecified atom stereocenters. The first-order chi connectivity index (χ1) is 12.3. The zero-order chi connectivity index (χ0) is 17.5. The van der Waals surface area contributed by atoms with E-state index in [-0.39, 0.29) is 0 Å². The second-order valence-electron chi connectivity index (χ2n) is 7.24. The van der Waals surface area contributed by atoms with Gasteiger partial charge in [0, 0.05) is 24.8 Å². The van der Waals surface area contributed by atoms with Gasteiger partial charge in [0.25, 0.3) is 0 Å². The molecule has 2 saturated heterocycles. The summed E-state index contributed by atoms with van der Waals surface area (Å²) in [6.07, 6.45) is 14.2. The molecule has 2 aliphatic heterocycles. The highest BCUT2D eigenvalue weighted by molar-refractivity contribution is 5.87. The van der Waals surface area contributed by atoms with E-state index in [9.17, 15) is 0 Å².